The number of aliphatic hydroxyl groups is 1. The van der Waals surface area contributed by atoms with Gasteiger partial charge in [0, 0.05) is 16.2 Å². The van der Waals surface area contributed by atoms with Crippen LogP contribution in [0.15, 0.2) is 0 Å². The molecule has 0 fully saturated rings. The molecule has 0 saturated heterocycles. The zero-order valence-electron chi connectivity index (χ0n) is 13.0. The Bertz CT molecular complexity index is 307. The zero-order chi connectivity index (χ0) is 14.8. The van der Waals surface area contributed by atoms with Crippen molar-refractivity contribution in [3.8, 4) is 0 Å². The van der Waals surface area contributed by atoms with Crippen molar-refractivity contribution in [2.45, 2.75) is 32.5 Å². The van der Waals surface area contributed by atoms with E-state index in [9.17, 15) is 4.79 Å². The third kappa shape index (κ3) is 4.79. The molecule has 0 aliphatic rings. The van der Waals surface area contributed by atoms with Crippen LogP contribution in [0, 0.1) is 5.89 Å². The van der Waals surface area contributed by atoms with Crippen LogP contribution >= 0.6 is 0 Å². The fraction of sp³-hybridized carbons (Fsp3) is 0.875. The number of rotatable bonds is 6. The molecule has 0 aromatic heterocycles. The predicted molar refractivity (Wildman–Crippen MR) is 42.4 cm³/mol. The van der Waals surface area contributed by atoms with Gasteiger partial charge in [0.05, 0.1) is 5.89 Å². The lowest BCUT2D eigenvalue weighted by Gasteiger charge is -2.08. The van der Waals surface area contributed by atoms with Crippen molar-refractivity contribution in [3.63, 3.8) is 0 Å². The van der Waals surface area contributed by atoms with Crippen LogP contribution in [0.2, 0.25) is 0 Å². The van der Waals surface area contributed by atoms with E-state index in [4.69, 9.17) is 19.8 Å². The Morgan fingerprint density at radius 1 is 1.91 bits per heavy atom. The molecule has 0 saturated carbocycles. The average molecular weight is 167 g/mol. The van der Waals surface area contributed by atoms with E-state index >= 15 is 0 Å². The van der Waals surface area contributed by atoms with Crippen LogP contribution in [0.1, 0.15) is 42.1 Å². The number of hydrogen-bond acceptors (Lipinski definition) is 2. The minimum atomic E-state index is -3.24. The van der Waals surface area contributed by atoms with Crippen molar-refractivity contribution in [3.05, 3.63) is 0 Å². The summed E-state index contributed by atoms with van der Waals surface area (Å²) in [4.78, 5) is 11.0. The second-order valence-corrected chi connectivity index (χ2v) is 1.88. The topological polar surface area (TPSA) is 57.5 Å². The first kappa shape index (κ1) is 3.44. The van der Waals surface area contributed by atoms with Crippen molar-refractivity contribution < 1.29 is 24.6 Å². The average Bonchev–Trinajstić information content (AvgIpc) is 2.24. The molecule has 0 amide bonds. The predicted octanol–water partition coefficient (Wildman–Crippen LogP) is 1.26. The second-order valence-electron chi connectivity index (χ2n) is 1.88. The highest BCUT2D eigenvalue weighted by Crippen LogP contribution is 2.12. The molecule has 1 unspecified atom stereocenters. The lowest BCUT2D eigenvalue weighted by atomic mass is 9.98. The summed E-state index contributed by atoms with van der Waals surface area (Å²) in [5.41, 5.74) is 0. The molecule has 1 atom stereocenters. The monoisotopic (exact) mass is 167 g/mol. The highest BCUT2D eigenvalue weighted by molar-refractivity contribution is 5.69. The molecule has 0 spiro atoms. The van der Waals surface area contributed by atoms with Crippen LogP contribution in [-0.2, 0) is 4.79 Å². The summed E-state index contributed by atoms with van der Waals surface area (Å²) < 4.78 is 51.3. The first-order valence-corrected chi connectivity index (χ1v) is 3.14. The van der Waals surface area contributed by atoms with Crippen LogP contribution < -0.4 is 0 Å². The molecule has 0 heterocycles. The van der Waals surface area contributed by atoms with Crippen LogP contribution in [0.3, 0.4) is 0 Å². The van der Waals surface area contributed by atoms with E-state index in [0.717, 1.165) is 0 Å². The van der Waals surface area contributed by atoms with Crippen LogP contribution in [0.4, 0.5) is 0 Å². The van der Waals surface area contributed by atoms with Gasteiger partial charge in [0.2, 0.25) is 0 Å². The molecule has 3 heteroatoms. The number of carboxylic acids is 1. The van der Waals surface area contributed by atoms with E-state index in [1.165, 1.54) is 0 Å². The Morgan fingerprint density at radius 3 is 3.09 bits per heavy atom. The second kappa shape index (κ2) is 6.16. The van der Waals surface area contributed by atoms with Gasteiger partial charge in [-0.3, -0.25) is 4.79 Å². The van der Waals surface area contributed by atoms with E-state index in [0.29, 0.717) is 0 Å². The summed E-state index contributed by atoms with van der Waals surface area (Å²) in [6.07, 6.45) is -7.16. The fourth-order valence-corrected chi connectivity index (χ4v) is 0.566. The molecule has 66 valence electrons. The Morgan fingerprint density at radius 2 is 2.64 bits per heavy atom. The third-order valence-electron chi connectivity index (χ3n) is 1.07. The van der Waals surface area contributed by atoms with Gasteiger partial charge in [0.25, 0.3) is 0 Å². The number of carbonyl (C=O) groups is 1. The van der Waals surface area contributed by atoms with Crippen LogP contribution in [0.25, 0.3) is 0 Å². The fourth-order valence-electron chi connectivity index (χ4n) is 0.566. The highest BCUT2D eigenvalue weighted by atomic mass is 16.4. The number of carboxylic acid groups (broad SMARTS) is 1. The number of hydrogen-bond donors (Lipinski definition) is 2. The molecule has 0 aliphatic heterocycles. The molecule has 0 aromatic rings. The van der Waals surface area contributed by atoms with Gasteiger partial charge in [0.1, 0.15) is 0 Å². The third-order valence-corrected chi connectivity index (χ3v) is 1.07. The first-order chi connectivity index (χ1) is 7.95. The molecule has 2 N–H and O–H groups in total. The molecular weight excluding hydrogens is 144 g/mol. The van der Waals surface area contributed by atoms with E-state index in [-0.39, 0.29) is 6.42 Å². The molecule has 3 nitrogen and oxygen atoms in total. The van der Waals surface area contributed by atoms with E-state index in [1.54, 1.807) is 0 Å². The molecular formula is C8H16O3. The van der Waals surface area contributed by atoms with E-state index < -0.39 is 44.5 Å². The van der Waals surface area contributed by atoms with Crippen molar-refractivity contribution in [1.82, 2.24) is 0 Å². The molecule has 0 aromatic carbocycles. The first-order valence-electron chi connectivity index (χ1n) is 6.79. The van der Waals surface area contributed by atoms with E-state index in [1.807, 2.05) is 0 Å². The van der Waals surface area contributed by atoms with Gasteiger partial charge in [-0.1, -0.05) is 13.2 Å². The molecule has 0 aliphatic carbocycles. The van der Waals surface area contributed by atoms with E-state index in [2.05, 4.69) is 0 Å². The van der Waals surface area contributed by atoms with Gasteiger partial charge in [-0.25, -0.2) is 0 Å². The van der Waals surface area contributed by atoms with Crippen LogP contribution in [0.5, 0.6) is 0 Å². The van der Waals surface area contributed by atoms with Crippen molar-refractivity contribution in [1.29, 1.82) is 0 Å². The minimum Gasteiger partial charge on any atom is -0.481 e. The SMILES string of the molecule is [2H]C([2H])C([2H])([2H])C([2H])([2H])C([2H])(CCCO)C(=O)O. The number of aliphatic hydroxyl groups excluding tert-OH is 1. The maximum atomic E-state index is 11.0. The highest BCUT2D eigenvalue weighted by Gasteiger charge is 2.14. The zero-order valence-corrected chi connectivity index (χ0v) is 6.00. The van der Waals surface area contributed by atoms with Gasteiger partial charge in [0.15, 0.2) is 0 Å². The van der Waals surface area contributed by atoms with Crippen molar-refractivity contribution in [2.24, 2.45) is 5.89 Å². The molecule has 0 rings (SSSR count). The number of aliphatic carboxylic acids is 1. The Kier molecular flexibility index (Phi) is 1.92. The maximum absolute atomic E-state index is 11.0. The lowest BCUT2D eigenvalue weighted by Crippen LogP contribution is -2.13. The summed E-state index contributed by atoms with van der Waals surface area (Å²) in [6, 6.07) is 0. The largest absolute Gasteiger partial charge is 0.481 e. The summed E-state index contributed by atoms with van der Waals surface area (Å²) in [7, 11) is 0. The molecule has 0 radical (unpaired) electrons. The van der Waals surface area contributed by atoms with Gasteiger partial charge in [-0.15, -0.1) is 0 Å². The standard InChI is InChI=1S/C8H16O3/c1-2-4-7(8(10)11)5-3-6-9/h7,9H,2-6H2,1H3,(H,10,11)/i1D2,2D2,4D2,7D. The summed E-state index contributed by atoms with van der Waals surface area (Å²) >= 11 is 0. The van der Waals surface area contributed by atoms with Gasteiger partial charge in [-0.05, 0) is 19.2 Å². The Labute approximate surface area is 76.9 Å². The summed E-state index contributed by atoms with van der Waals surface area (Å²) in [6.45, 7) is -2.73. The maximum Gasteiger partial charge on any atom is 0.306 e. The Hall–Kier alpha value is -0.570. The van der Waals surface area contributed by atoms with Crippen molar-refractivity contribution >= 4 is 5.97 Å². The van der Waals surface area contributed by atoms with Gasteiger partial charge < -0.3 is 10.2 Å². The smallest absolute Gasteiger partial charge is 0.306 e. The summed E-state index contributed by atoms with van der Waals surface area (Å²) in [5.74, 6) is -4.75. The lowest BCUT2D eigenvalue weighted by molar-refractivity contribution is -0.142. The molecule has 0 bridgehead atoms. The normalized spacial score (nSPS) is 28.0. The Balaban J connectivity index is 5.54. The van der Waals surface area contributed by atoms with Crippen LogP contribution in [-0.4, -0.2) is 22.8 Å². The minimum absolute atomic E-state index is 0.188. The quantitative estimate of drug-likeness (QED) is 0.626. The molecule has 11 heavy (non-hydrogen) atoms. The summed E-state index contributed by atoms with van der Waals surface area (Å²) in [5, 5.41) is 17.6. The van der Waals surface area contributed by atoms with Gasteiger partial charge >= 0.3 is 5.97 Å². The van der Waals surface area contributed by atoms with Gasteiger partial charge in [-0.2, -0.15) is 0 Å². The van der Waals surface area contributed by atoms with Crippen molar-refractivity contribution in [2.75, 3.05) is 6.61 Å².